The quantitative estimate of drug-likeness (QED) is 0.716. The molecule has 0 spiro atoms. The Morgan fingerprint density at radius 1 is 1.24 bits per heavy atom. The molecule has 21 heavy (non-hydrogen) atoms. The van der Waals surface area contributed by atoms with Crippen molar-refractivity contribution in [3.63, 3.8) is 0 Å². The molecule has 0 radical (unpaired) electrons. The summed E-state index contributed by atoms with van der Waals surface area (Å²) in [5, 5.41) is 3.35. The van der Waals surface area contributed by atoms with E-state index >= 15 is 0 Å². The van der Waals surface area contributed by atoms with E-state index in [1.165, 1.54) is 0 Å². The lowest BCUT2D eigenvalue weighted by Gasteiger charge is -2.18. The van der Waals surface area contributed by atoms with Gasteiger partial charge in [-0.2, -0.15) is 0 Å². The van der Waals surface area contributed by atoms with Crippen LogP contribution in [-0.2, 0) is 4.79 Å². The molecule has 0 aliphatic rings. The van der Waals surface area contributed by atoms with Crippen molar-refractivity contribution in [2.75, 3.05) is 5.32 Å². The summed E-state index contributed by atoms with van der Waals surface area (Å²) in [6.45, 7) is 1.90. The Morgan fingerprint density at radius 3 is 2.52 bits per heavy atom. The van der Waals surface area contributed by atoms with Crippen LogP contribution in [0.5, 0.6) is 5.75 Å². The Morgan fingerprint density at radius 2 is 1.90 bits per heavy atom. The number of carbonyl (C=O) groups is 1. The van der Waals surface area contributed by atoms with Crippen molar-refractivity contribution in [3.8, 4) is 5.75 Å². The highest BCUT2D eigenvalue weighted by atomic mass is 127. The van der Waals surface area contributed by atoms with Gasteiger partial charge in [0.15, 0.2) is 6.10 Å². The van der Waals surface area contributed by atoms with E-state index in [1.807, 2.05) is 43.3 Å². The fourth-order valence-corrected chi connectivity index (χ4v) is 2.31. The summed E-state index contributed by atoms with van der Waals surface area (Å²) < 4.78 is 6.82. The van der Waals surface area contributed by atoms with Crippen molar-refractivity contribution in [2.24, 2.45) is 0 Å². The van der Waals surface area contributed by atoms with Crippen LogP contribution in [0.2, 0.25) is 5.02 Å². The topological polar surface area (TPSA) is 38.3 Å². The highest BCUT2D eigenvalue weighted by Crippen LogP contribution is 2.25. The van der Waals surface area contributed by atoms with E-state index in [0.717, 1.165) is 9.26 Å². The number of nitrogens with one attached hydrogen (secondary N) is 1. The molecule has 2 aromatic carbocycles. The monoisotopic (exact) mass is 415 g/mol. The summed E-state index contributed by atoms with van der Waals surface area (Å²) in [6, 6.07) is 14.7. The molecule has 0 aromatic heterocycles. The van der Waals surface area contributed by atoms with Crippen molar-refractivity contribution in [3.05, 3.63) is 57.1 Å². The van der Waals surface area contributed by atoms with Crippen LogP contribution >= 0.6 is 34.2 Å². The van der Waals surface area contributed by atoms with Gasteiger partial charge in [-0.3, -0.25) is 4.79 Å². The van der Waals surface area contributed by atoms with Crippen molar-refractivity contribution in [2.45, 2.75) is 19.4 Å². The van der Waals surface area contributed by atoms with Crippen molar-refractivity contribution >= 4 is 45.8 Å². The largest absolute Gasteiger partial charge is 0.479 e. The second-order valence-corrected chi connectivity index (χ2v) is 6.09. The van der Waals surface area contributed by atoms with Gasteiger partial charge in [-0.15, -0.1) is 0 Å². The zero-order valence-electron chi connectivity index (χ0n) is 11.5. The van der Waals surface area contributed by atoms with Crippen LogP contribution in [-0.4, -0.2) is 12.0 Å². The minimum atomic E-state index is -0.579. The van der Waals surface area contributed by atoms with Gasteiger partial charge in [0.1, 0.15) is 5.75 Å². The predicted molar refractivity (Wildman–Crippen MR) is 93.9 cm³/mol. The van der Waals surface area contributed by atoms with E-state index < -0.39 is 6.10 Å². The summed E-state index contributed by atoms with van der Waals surface area (Å²) in [7, 11) is 0. The number of hydrogen-bond acceptors (Lipinski definition) is 2. The lowest BCUT2D eigenvalue weighted by Crippen LogP contribution is -2.32. The first-order chi connectivity index (χ1) is 10.1. The lowest BCUT2D eigenvalue weighted by atomic mass is 10.2. The molecule has 1 atom stereocenters. The molecule has 1 N–H and O–H groups in total. The zero-order valence-corrected chi connectivity index (χ0v) is 14.4. The average Bonchev–Trinajstić information content (AvgIpc) is 2.48. The number of ether oxygens (including phenoxy) is 1. The van der Waals surface area contributed by atoms with E-state index in [4.69, 9.17) is 16.3 Å². The molecule has 0 unspecified atom stereocenters. The number of rotatable bonds is 5. The van der Waals surface area contributed by atoms with Gasteiger partial charge < -0.3 is 10.1 Å². The van der Waals surface area contributed by atoms with E-state index in [-0.39, 0.29) is 5.91 Å². The van der Waals surface area contributed by atoms with Gasteiger partial charge >= 0.3 is 0 Å². The zero-order chi connectivity index (χ0) is 15.2. The van der Waals surface area contributed by atoms with E-state index in [2.05, 4.69) is 27.9 Å². The molecule has 0 fully saturated rings. The van der Waals surface area contributed by atoms with Gasteiger partial charge in [-0.1, -0.05) is 30.7 Å². The fraction of sp³-hybridized carbons (Fsp3) is 0.188. The first-order valence-electron chi connectivity index (χ1n) is 6.57. The molecule has 0 heterocycles. The highest BCUT2D eigenvalue weighted by Gasteiger charge is 2.19. The molecule has 0 saturated carbocycles. The maximum Gasteiger partial charge on any atom is 0.265 e. The van der Waals surface area contributed by atoms with Crippen molar-refractivity contribution in [1.29, 1.82) is 0 Å². The van der Waals surface area contributed by atoms with Crippen LogP contribution < -0.4 is 10.1 Å². The number of halogens is 2. The first-order valence-corrected chi connectivity index (χ1v) is 8.03. The maximum atomic E-state index is 12.3. The minimum Gasteiger partial charge on any atom is -0.479 e. The molecule has 0 bridgehead atoms. The molecule has 0 aliphatic carbocycles. The molecule has 2 rings (SSSR count). The lowest BCUT2D eigenvalue weighted by molar-refractivity contribution is -0.122. The Kier molecular flexibility index (Phi) is 5.87. The fourth-order valence-electron chi connectivity index (χ4n) is 1.77. The second-order valence-electron chi connectivity index (χ2n) is 4.44. The first kappa shape index (κ1) is 16.1. The normalized spacial score (nSPS) is 11.8. The Hall–Kier alpha value is -1.27. The second kappa shape index (κ2) is 7.66. The maximum absolute atomic E-state index is 12.3. The molecular weight excluding hydrogens is 401 g/mol. The summed E-state index contributed by atoms with van der Waals surface area (Å²) in [5.41, 5.74) is 0.752. The van der Waals surface area contributed by atoms with Crippen LogP contribution in [0.4, 0.5) is 5.69 Å². The molecule has 5 heteroatoms. The van der Waals surface area contributed by atoms with E-state index in [1.54, 1.807) is 12.1 Å². The van der Waals surface area contributed by atoms with Gasteiger partial charge in [-0.25, -0.2) is 0 Å². The molecule has 3 nitrogen and oxygen atoms in total. The molecule has 0 saturated heterocycles. The van der Waals surface area contributed by atoms with Gasteiger partial charge in [0.05, 0.1) is 5.02 Å². The Balaban J connectivity index is 2.05. The molecule has 1 amide bonds. The van der Waals surface area contributed by atoms with Crippen LogP contribution in [0.15, 0.2) is 48.5 Å². The predicted octanol–water partition coefficient (Wildman–Crippen LogP) is 4.74. The van der Waals surface area contributed by atoms with E-state index in [0.29, 0.717) is 17.2 Å². The summed E-state index contributed by atoms with van der Waals surface area (Å²) in [5.74, 6) is 0.336. The van der Waals surface area contributed by atoms with Crippen LogP contribution in [0.3, 0.4) is 0 Å². The van der Waals surface area contributed by atoms with E-state index in [9.17, 15) is 4.79 Å². The third-order valence-electron chi connectivity index (χ3n) is 2.88. The minimum absolute atomic E-state index is 0.182. The number of hydrogen-bond donors (Lipinski definition) is 1. The molecule has 110 valence electrons. The van der Waals surface area contributed by atoms with Crippen molar-refractivity contribution in [1.82, 2.24) is 0 Å². The number of anilines is 1. The smallest absolute Gasteiger partial charge is 0.265 e. The van der Waals surface area contributed by atoms with Gasteiger partial charge in [0.25, 0.3) is 5.91 Å². The Bertz CT molecular complexity index is 616. The van der Waals surface area contributed by atoms with Gasteiger partial charge in [0, 0.05) is 9.26 Å². The average molecular weight is 416 g/mol. The molecular formula is C16H15ClINO2. The molecule has 0 aliphatic heterocycles. The third-order valence-corrected chi connectivity index (χ3v) is 3.91. The number of carbonyl (C=O) groups excluding carboxylic acids is 1. The summed E-state index contributed by atoms with van der Waals surface area (Å²) in [6.07, 6.45) is -0.0225. The SMILES string of the molecule is CC[C@@H](Oc1ccccc1Cl)C(=O)Nc1ccc(I)cc1. The van der Waals surface area contributed by atoms with Gasteiger partial charge in [0.2, 0.25) is 0 Å². The Labute approximate surface area is 142 Å². The summed E-state index contributed by atoms with van der Waals surface area (Å²) in [4.78, 5) is 12.3. The number of amides is 1. The van der Waals surface area contributed by atoms with Crippen LogP contribution in [0.25, 0.3) is 0 Å². The van der Waals surface area contributed by atoms with Gasteiger partial charge in [-0.05, 0) is 65.4 Å². The summed E-state index contributed by atoms with van der Waals surface area (Å²) >= 11 is 8.27. The molecule has 2 aromatic rings. The third kappa shape index (κ3) is 4.61. The standard InChI is InChI=1S/C16H15ClINO2/c1-2-14(21-15-6-4-3-5-13(15)17)16(20)19-12-9-7-11(18)8-10-12/h3-10,14H,2H2,1H3,(H,19,20)/t14-/m1/s1. The number of benzene rings is 2. The highest BCUT2D eigenvalue weighted by molar-refractivity contribution is 14.1. The number of para-hydroxylation sites is 1. The van der Waals surface area contributed by atoms with Crippen molar-refractivity contribution < 1.29 is 9.53 Å². The van der Waals surface area contributed by atoms with Crippen LogP contribution in [0.1, 0.15) is 13.3 Å². The van der Waals surface area contributed by atoms with Crippen LogP contribution in [0, 0.1) is 3.57 Å².